The third-order valence-electron chi connectivity index (χ3n) is 3.42. The molecule has 0 saturated heterocycles. The van der Waals surface area contributed by atoms with E-state index >= 15 is 0 Å². The average molecular weight is 268 g/mol. The molecule has 0 unspecified atom stereocenters. The quantitative estimate of drug-likeness (QED) is 0.841. The Balaban J connectivity index is 1.87. The van der Waals surface area contributed by atoms with Crippen molar-refractivity contribution >= 4 is 17.3 Å². The maximum absolute atomic E-state index is 11.4. The zero-order chi connectivity index (χ0) is 14.1. The Kier molecular flexibility index (Phi) is 3.06. The monoisotopic (exact) mass is 268 g/mol. The largest absolute Gasteiger partial charge is 0.455 e. The number of hydrogen-bond acceptors (Lipinski definition) is 3. The number of fused-ring (bicyclic) bond motifs is 1. The summed E-state index contributed by atoms with van der Waals surface area (Å²) in [4.78, 5) is 11.4. The lowest BCUT2D eigenvalue weighted by molar-refractivity contribution is -0.115. The Bertz CT molecular complexity index is 663. The zero-order valence-corrected chi connectivity index (χ0v) is 11.3. The van der Waals surface area contributed by atoms with Crippen LogP contribution in [0.4, 0.5) is 11.4 Å². The Morgan fingerprint density at radius 3 is 2.70 bits per heavy atom. The zero-order valence-electron chi connectivity index (χ0n) is 11.3. The highest BCUT2D eigenvalue weighted by Crippen LogP contribution is 2.35. The number of nitrogens with one attached hydrogen (secondary N) is 1. The van der Waals surface area contributed by atoms with Gasteiger partial charge >= 0.3 is 0 Å². The van der Waals surface area contributed by atoms with Crippen LogP contribution in [0.1, 0.15) is 18.1 Å². The molecule has 0 bridgehead atoms. The van der Waals surface area contributed by atoms with E-state index in [4.69, 9.17) is 10.5 Å². The van der Waals surface area contributed by atoms with Crippen LogP contribution in [0.3, 0.4) is 0 Å². The van der Waals surface area contributed by atoms with Gasteiger partial charge in [-0.2, -0.15) is 0 Å². The lowest BCUT2D eigenvalue weighted by Crippen LogP contribution is -2.03. The van der Waals surface area contributed by atoms with Crippen molar-refractivity contribution in [2.45, 2.75) is 19.8 Å². The van der Waals surface area contributed by atoms with Crippen molar-refractivity contribution in [3.8, 4) is 11.5 Å². The lowest BCUT2D eigenvalue weighted by Gasteiger charge is -2.11. The molecule has 0 radical (unpaired) electrons. The standard InChI is InChI=1S/C16H16N2O2/c1-2-10-3-5-12(6-4-10)20-15-9-14-11(7-13(15)17)8-16(19)18-14/h3-7,9H,2,8,17H2,1H3,(H,18,19). The van der Waals surface area contributed by atoms with Gasteiger partial charge in [0.15, 0.2) is 5.75 Å². The van der Waals surface area contributed by atoms with E-state index in [9.17, 15) is 4.79 Å². The Hall–Kier alpha value is -2.49. The number of anilines is 2. The molecule has 0 aliphatic carbocycles. The van der Waals surface area contributed by atoms with Crippen molar-refractivity contribution in [3.63, 3.8) is 0 Å². The number of amides is 1. The fraction of sp³-hybridized carbons (Fsp3) is 0.188. The van der Waals surface area contributed by atoms with Crippen LogP contribution in [0.15, 0.2) is 36.4 Å². The predicted molar refractivity (Wildman–Crippen MR) is 79.1 cm³/mol. The van der Waals surface area contributed by atoms with Gasteiger partial charge in [-0.3, -0.25) is 4.79 Å². The fourth-order valence-corrected chi connectivity index (χ4v) is 2.28. The molecule has 2 aromatic carbocycles. The van der Waals surface area contributed by atoms with Crippen LogP contribution < -0.4 is 15.8 Å². The summed E-state index contributed by atoms with van der Waals surface area (Å²) < 4.78 is 5.79. The van der Waals surface area contributed by atoms with Crippen LogP contribution in [0, 0.1) is 0 Å². The minimum atomic E-state index is -0.0103. The molecule has 2 aromatic rings. The van der Waals surface area contributed by atoms with E-state index in [2.05, 4.69) is 12.2 Å². The number of hydrogen-bond donors (Lipinski definition) is 2. The molecular formula is C16H16N2O2. The van der Waals surface area contributed by atoms with E-state index in [-0.39, 0.29) is 5.91 Å². The second-order valence-corrected chi connectivity index (χ2v) is 4.87. The minimum Gasteiger partial charge on any atom is -0.455 e. The highest BCUT2D eigenvalue weighted by atomic mass is 16.5. The van der Waals surface area contributed by atoms with Crippen LogP contribution >= 0.6 is 0 Å². The van der Waals surface area contributed by atoms with Crippen molar-refractivity contribution < 1.29 is 9.53 Å². The van der Waals surface area contributed by atoms with Gasteiger partial charge in [-0.25, -0.2) is 0 Å². The normalized spacial score (nSPS) is 12.9. The Morgan fingerprint density at radius 2 is 2.00 bits per heavy atom. The molecule has 0 spiro atoms. The molecule has 1 aliphatic heterocycles. The minimum absolute atomic E-state index is 0.0103. The van der Waals surface area contributed by atoms with Crippen molar-refractivity contribution in [3.05, 3.63) is 47.5 Å². The van der Waals surface area contributed by atoms with E-state index in [1.54, 1.807) is 12.1 Å². The molecule has 4 nitrogen and oxygen atoms in total. The summed E-state index contributed by atoms with van der Waals surface area (Å²) in [5.41, 5.74) is 9.48. The molecule has 4 heteroatoms. The van der Waals surface area contributed by atoms with Gasteiger partial charge in [0.1, 0.15) is 5.75 Å². The molecule has 20 heavy (non-hydrogen) atoms. The average Bonchev–Trinajstić information content (AvgIpc) is 2.79. The third kappa shape index (κ3) is 2.32. The summed E-state index contributed by atoms with van der Waals surface area (Å²) in [5.74, 6) is 1.29. The number of nitrogens with two attached hydrogens (primary N) is 1. The van der Waals surface area contributed by atoms with Gasteiger partial charge in [-0.15, -0.1) is 0 Å². The van der Waals surface area contributed by atoms with Crippen molar-refractivity contribution in [2.24, 2.45) is 0 Å². The van der Waals surface area contributed by atoms with Gasteiger partial charge in [-0.05, 0) is 35.7 Å². The highest BCUT2D eigenvalue weighted by molar-refractivity contribution is 6.00. The first-order valence-electron chi connectivity index (χ1n) is 6.64. The van der Waals surface area contributed by atoms with Gasteiger partial charge in [-0.1, -0.05) is 19.1 Å². The summed E-state index contributed by atoms with van der Waals surface area (Å²) in [5, 5.41) is 2.79. The molecule has 0 aromatic heterocycles. The second kappa shape index (κ2) is 4.89. The van der Waals surface area contributed by atoms with Crippen molar-refractivity contribution in [1.29, 1.82) is 0 Å². The second-order valence-electron chi connectivity index (χ2n) is 4.87. The SMILES string of the molecule is CCc1ccc(Oc2cc3c(cc2N)CC(=O)N3)cc1. The topological polar surface area (TPSA) is 64.3 Å². The Morgan fingerprint density at radius 1 is 1.25 bits per heavy atom. The molecule has 0 fully saturated rings. The molecule has 1 aliphatic rings. The molecule has 1 heterocycles. The molecule has 3 rings (SSSR count). The van der Waals surface area contributed by atoms with Crippen LogP contribution in [-0.2, 0) is 17.6 Å². The first-order chi connectivity index (χ1) is 9.65. The first kappa shape index (κ1) is 12.5. The molecule has 0 saturated carbocycles. The predicted octanol–water partition coefficient (Wildman–Crippen LogP) is 3.12. The van der Waals surface area contributed by atoms with E-state index in [1.165, 1.54) is 5.56 Å². The van der Waals surface area contributed by atoms with Crippen LogP contribution in [0.5, 0.6) is 11.5 Å². The molecule has 3 N–H and O–H groups in total. The van der Waals surface area contributed by atoms with E-state index < -0.39 is 0 Å². The van der Waals surface area contributed by atoms with Gasteiger partial charge in [0.2, 0.25) is 5.91 Å². The summed E-state index contributed by atoms with van der Waals surface area (Å²) in [6.07, 6.45) is 1.37. The van der Waals surface area contributed by atoms with Crippen LogP contribution in [-0.4, -0.2) is 5.91 Å². The number of carbonyl (C=O) groups excluding carboxylic acids is 1. The first-order valence-corrected chi connectivity index (χ1v) is 6.64. The summed E-state index contributed by atoms with van der Waals surface area (Å²) >= 11 is 0. The van der Waals surface area contributed by atoms with Crippen molar-refractivity contribution in [2.75, 3.05) is 11.1 Å². The van der Waals surface area contributed by atoms with Gasteiger partial charge in [0.25, 0.3) is 0 Å². The fourth-order valence-electron chi connectivity index (χ4n) is 2.28. The number of rotatable bonds is 3. The summed E-state index contributed by atoms with van der Waals surface area (Å²) in [6.45, 7) is 2.11. The van der Waals surface area contributed by atoms with E-state index in [0.717, 1.165) is 23.4 Å². The van der Waals surface area contributed by atoms with Gasteiger partial charge in [0, 0.05) is 11.8 Å². The molecule has 1 amide bonds. The summed E-state index contributed by atoms with van der Waals surface area (Å²) in [7, 11) is 0. The number of aryl methyl sites for hydroxylation is 1. The smallest absolute Gasteiger partial charge is 0.228 e. The van der Waals surface area contributed by atoms with E-state index in [0.29, 0.717) is 17.9 Å². The maximum Gasteiger partial charge on any atom is 0.228 e. The maximum atomic E-state index is 11.4. The molecule has 0 atom stereocenters. The lowest BCUT2D eigenvalue weighted by atomic mass is 10.1. The number of benzene rings is 2. The third-order valence-corrected chi connectivity index (χ3v) is 3.42. The summed E-state index contributed by atoms with van der Waals surface area (Å²) in [6, 6.07) is 11.5. The molecular weight excluding hydrogens is 252 g/mol. The van der Waals surface area contributed by atoms with Crippen LogP contribution in [0.25, 0.3) is 0 Å². The van der Waals surface area contributed by atoms with Crippen molar-refractivity contribution in [1.82, 2.24) is 0 Å². The molecule has 102 valence electrons. The van der Waals surface area contributed by atoms with Gasteiger partial charge in [0.05, 0.1) is 12.1 Å². The highest BCUT2D eigenvalue weighted by Gasteiger charge is 2.19. The number of ether oxygens (including phenoxy) is 1. The Labute approximate surface area is 117 Å². The van der Waals surface area contributed by atoms with Gasteiger partial charge < -0.3 is 15.8 Å². The number of nitrogen functional groups attached to an aromatic ring is 1. The van der Waals surface area contributed by atoms with E-state index in [1.807, 2.05) is 24.3 Å². The number of carbonyl (C=O) groups is 1. The van der Waals surface area contributed by atoms with Crippen LogP contribution in [0.2, 0.25) is 0 Å².